The number of benzene rings is 2. The first-order valence-corrected chi connectivity index (χ1v) is 6.57. The Morgan fingerprint density at radius 2 is 1.67 bits per heavy atom. The molecule has 0 saturated heterocycles. The Morgan fingerprint density at radius 1 is 1.06 bits per heavy atom. The van der Waals surface area contributed by atoms with Crippen LogP contribution in [0.4, 0.5) is 5.69 Å². The average Bonchev–Trinajstić information content (AvgIpc) is 2.40. The largest absolute Gasteiger partial charge is 0.326 e. The number of hydrogen-bond acceptors (Lipinski definition) is 1. The number of carbonyl (C=O) groups excluding carboxylic acids is 1. The number of anilines is 1. The molecule has 0 spiro atoms. The second-order valence-electron chi connectivity index (χ2n) is 4.13. The molecule has 18 heavy (non-hydrogen) atoms. The van der Waals surface area contributed by atoms with Gasteiger partial charge in [-0.2, -0.15) is 0 Å². The molecule has 1 atom stereocenters. The number of nitrogens with one attached hydrogen (secondary N) is 1. The van der Waals surface area contributed by atoms with Crippen LogP contribution in [0.3, 0.4) is 0 Å². The highest BCUT2D eigenvalue weighted by atomic mass is 79.9. The normalized spacial score (nSPS) is 11.9. The van der Waals surface area contributed by atoms with Crippen LogP contribution in [0, 0.1) is 0 Å². The van der Waals surface area contributed by atoms with Crippen molar-refractivity contribution < 1.29 is 4.79 Å². The van der Waals surface area contributed by atoms with Crippen LogP contribution in [0.5, 0.6) is 0 Å². The van der Waals surface area contributed by atoms with Crippen molar-refractivity contribution in [1.29, 1.82) is 0 Å². The predicted molar refractivity (Wildman–Crippen MR) is 77.6 cm³/mol. The lowest BCUT2D eigenvalue weighted by atomic mass is 10.0. The molecule has 2 rings (SSSR count). The first kappa shape index (κ1) is 12.8. The van der Waals surface area contributed by atoms with Crippen LogP contribution in [0.15, 0.2) is 59.1 Å². The molecule has 92 valence electrons. The van der Waals surface area contributed by atoms with Crippen molar-refractivity contribution in [3.8, 4) is 0 Å². The lowest BCUT2D eigenvalue weighted by Crippen LogP contribution is -2.18. The van der Waals surface area contributed by atoms with Gasteiger partial charge in [0.15, 0.2) is 0 Å². The highest BCUT2D eigenvalue weighted by molar-refractivity contribution is 9.10. The Kier molecular flexibility index (Phi) is 4.15. The third-order valence-electron chi connectivity index (χ3n) is 2.80. The van der Waals surface area contributed by atoms with Crippen LogP contribution >= 0.6 is 15.9 Å². The Balaban J connectivity index is 2.07. The maximum absolute atomic E-state index is 12.1. The third-order valence-corrected chi connectivity index (χ3v) is 3.33. The lowest BCUT2D eigenvalue weighted by molar-refractivity contribution is -0.117. The van der Waals surface area contributed by atoms with Gasteiger partial charge in [0, 0.05) is 10.2 Å². The number of hydrogen-bond donors (Lipinski definition) is 1. The molecule has 1 amide bonds. The average molecular weight is 304 g/mol. The van der Waals surface area contributed by atoms with Gasteiger partial charge in [0.1, 0.15) is 0 Å². The standard InChI is InChI=1S/C15H14BrNO/c1-11(12-7-9-13(16)10-8-12)15(18)17-14-5-3-2-4-6-14/h2-11H,1H3,(H,17,18)/t11-/m0/s1. The Morgan fingerprint density at radius 3 is 2.28 bits per heavy atom. The summed E-state index contributed by atoms with van der Waals surface area (Å²) in [7, 11) is 0. The van der Waals surface area contributed by atoms with E-state index in [0.717, 1.165) is 15.7 Å². The summed E-state index contributed by atoms with van der Waals surface area (Å²) in [6, 6.07) is 17.3. The highest BCUT2D eigenvalue weighted by Crippen LogP contribution is 2.20. The second-order valence-corrected chi connectivity index (χ2v) is 5.04. The smallest absolute Gasteiger partial charge is 0.231 e. The second kappa shape index (κ2) is 5.83. The van der Waals surface area contributed by atoms with Crippen molar-refractivity contribution in [3.63, 3.8) is 0 Å². The zero-order valence-corrected chi connectivity index (χ0v) is 11.6. The van der Waals surface area contributed by atoms with E-state index in [-0.39, 0.29) is 11.8 Å². The molecule has 0 aliphatic rings. The molecule has 2 aromatic rings. The minimum atomic E-state index is -0.168. The van der Waals surface area contributed by atoms with Crippen LogP contribution in [-0.2, 0) is 4.79 Å². The first-order chi connectivity index (χ1) is 8.66. The lowest BCUT2D eigenvalue weighted by Gasteiger charge is -2.12. The summed E-state index contributed by atoms with van der Waals surface area (Å²) in [6.45, 7) is 1.90. The Bertz CT molecular complexity index is 522. The minimum Gasteiger partial charge on any atom is -0.326 e. The van der Waals surface area contributed by atoms with Gasteiger partial charge in [-0.1, -0.05) is 46.3 Å². The van der Waals surface area contributed by atoms with Crippen molar-refractivity contribution in [1.82, 2.24) is 0 Å². The Labute approximate surface area is 115 Å². The molecular weight excluding hydrogens is 290 g/mol. The van der Waals surface area contributed by atoms with E-state index in [9.17, 15) is 4.79 Å². The summed E-state index contributed by atoms with van der Waals surface area (Å²) < 4.78 is 1.02. The van der Waals surface area contributed by atoms with Gasteiger partial charge in [0.25, 0.3) is 0 Å². The van der Waals surface area contributed by atoms with Gasteiger partial charge in [-0.3, -0.25) is 4.79 Å². The van der Waals surface area contributed by atoms with Gasteiger partial charge in [-0.15, -0.1) is 0 Å². The quantitative estimate of drug-likeness (QED) is 0.905. The molecule has 2 nitrogen and oxygen atoms in total. The van der Waals surface area contributed by atoms with E-state index in [2.05, 4.69) is 21.2 Å². The van der Waals surface area contributed by atoms with E-state index in [4.69, 9.17) is 0 Å². The molecule has 0 aromatic heterocycles. The molecule has 1 N–H and O–H groups in total. The van der Waals surface area contributed by atoms with E-state index >= 15 is 0 Å². The fraction of sp³-hybridized carbons (Fsp3) is 0.133. The van der Waals surface area contributed by atoms with Crippen LogP contribution in [0.25, 0.3) is 0 Å². The van der Waals surface area contributed by atoms with Crippen LogP contribution in [0.2, 0.25) is 0 Å². The van der Waals surface area contributed by atoms with Crippen molar-refractivity contribution in [2.75, 3.05) is 5.32 Å². The maximum Gasteiger partial charge on any atom is 0.231 e. The van der Waals surface area contributed by atoms with Crippen molar-refractivity contribution >= 4 is 27.5 Å². The monoisotopic (exact) mass is 303 g/mol. The maximum atomic E-state index is 12.1. The van der Waals surface area contributed by atoms with Crippen molar-refractivity contribution in [3.05, 3.63) is 64.6 Å². The van der Waals surface area contributed by atoms with Gasteiger partial charge in [0.2, 0.25) is 5.91 Å². The van der Waals surface area contributed by atoms with Crippen LogP contribution < -0.4 is 5.32 Å². The van der Waals surface area contributed by atoms with Gasteiger partial charge in [-0.05, 0) is 36.8 Å². The number of halogens is 1. The van der Waals surface area contributed by atoms with Crippen molar-refractivity contribution in [2.45, 2.75) is 12.8 Å². The summed E-state index contributed by atoms with van der Waals surface area (Å²) >= 11 is 3.38. The molecule has 0 radical (unpaired) electrons. The van der Waals surface area contributed by atoms with Gasteiger partial charge < -0.3 is 5.32 Å². The van der Waals surface area contributed by atoms with Gasteiger partial charge in [-0.25, -0.2) is 0 Å². The van der Waals surface area contributed by atoms with Gasteiger partial charge >= 0.3 is 0 Å². The number of para-hydroxylation sites is 1. The summed E-state index contributed by atoms with van der Waals surface area (Å²) in [4.78, 5) is 12.1. The molecule has 0 heterocycles. The van der Waals surface area contributed by atoms with E-state index in [0.29, 0.717) is 0 Å². The molecule has 0 unspecified atom stereocenters. The zero-order valence-electron chi connectivity index (χ0n) is 10.1. The molecule has 2 aromatic carbocycles. The molecule has 0 aliphatic heterocycles. The van der Waals surface area contributed by atoms with E-state index < -0.39 is 0 Å². The first-order valence-electron chi connectivity index (χ1n) is 5.78. The van der Waals surface area contributed by atoms with Crippen molar-refractivity contribution in [2.24, 2.45) is 0 Å². The number of amides is 1. The number of carbonyl (C=O) groups is 1. The molecule has 0 saturated carbocycles. The summed E-state index contributed by atoms with van der Waals surface area (Å²) in [5.41, 5.74) is 1.83. The van der Waals surface area contributed by atoms with Crippen LogP contribution in [-0.4, -0.2) is 5.91 Å². The van der Waals surface area contributed by atoms with E-state index in [1.807, 2.05) is 61.5 Å². The summed E-state index contributed by atoms with van der Waals surface area (Å²) in [6.07, 6.45) is 0. The topological polar surface area (TPSA) is 29.1 Å². The fourth-order valence-corrected chi connectivity index (χ4v) is 1.94. The Hall–Kier alpha value is -1.61. The number of rotatable bonds is 3. The third kappa shape index (κ3) is 3.20. The molecule has 0 fully saturated rings. The summed E-state index contributed by atoms with van der Waals surface area (Å²) in [5.74, 6) is -0.165. The fourth-order valence-electron chi connectivity index (χ4n) is 1.67. The predicted octanol–water partition coefficient (Wildman–Crippen LogP) is 4.19. The summed E-state index contributed by atoms with van der Waals surface area (Å²) in [5, 5.41) is 2.90. The van der Waals surface area contributed by atoms with E-state index in [1.165, 1.54) is 0 Å². The highest BCUT2D eigenvalue weighted by Gasteiger charge is 2.14. The van der Waals surface area contributed by atoms with Crippen LogP contribution in [0.1, 0.15) is 18.4 Å². The molecule has 0 aliphatic carbocycles. The SMILES string of the molecule is C[C@H](C(=O)Nc1ccccc1)c1ccc(Br)cc1. The molecular formula is C15H14BrNO. The molecule has 0 bridgehead atoms. The molecule has 3 heteroatoms. The minimum absolute atomic E-state index is 0.00326. The zero-order chi connectivity index (χ0) is 13.0. The van der Waals surface area contributed by atoms with Gasteiger partial charge in [0.05, 0.1) is 5.92 Å². The van der Waals surface area contributed by atoms with E-state index in [1.54, 1.807) is 0 Å².